The van der Waals surface area contributed by atoms with Crippen molar-refractivity contribution in [3.8, 4) is 0 Å². The van der Waals surface area contributed by atoms with E-state index in [1.54, 1.807) is 0 Å². The van der Waals surface area contributed by atoms with Gasteiger partial charge in [-0.3, -0.25) is 0 Å². The van der Waals surface area contributed by atoms with E-state index in [9.17, 15) is 9.59 Å². The van der Waals surface area contributed by atoms with Gasteiger partial charge < -0.3 is 14.9 Å². The molecule has 0 unspecified atom stereocenters. The first-order valence-corrected chi connectivity index (χ1v) is 4.84. The summed E-state index contributed by atoms with van der Waals surface area (Å²) in [5, 5.41) is 17.1. The zero-order valence-electron chi connectivity index (χ0n) is 9.23. The Balaban J connectivity index is 3.83. The molecule has 0 fully saturated rings. The number of carbonyl (C=O) groups excluding carboxylic acids is 1. The molecule has 0 aliphatic rings. The molecule has 0 spiro atoms. The number of ether oxygens (including phenoxy) is 1. The minimum Gasteiger partial charge on any atom is -0.478 e. The Morgan fingerprint density at radius 3 is 2.56 bits per heavy atom. The van der Waals surface area contributed by atoms with Gasteiger partial charge in [0, 0.05) is 30.6 Å². The quantitative estimate of drug-likeness (QED) is 0.384. The molecule has 5 nitrogen and oxygen atoms in total. The van der Waals surface area contributed by atoms with Crippen LogP contribution in [0.15, 0.2) is 23.8 Å². The first kappa shape index (κ1) is 14.4. The molecule has 0 saturated carbocycles. The van der Waals surface area contributed by atoms with Crippen molar-refractivity contribution in [1.82, 2.24) is 0 Å². The third kappa shape index (κ3) is 5.98. The number of hydrogen-bond donors (Lipinski definition) is 2. The van der Waals surface area contributed by atoms with Crippen LogP contribution in [0.1, 0.15) is 19.8 Å². The second kappa shape index (κ2) is 7.64. The van der Waals surface area contributed by atoms with E-state index in [4.69, 9.17) is 14.9 Å². The zero-order chi connectivity index (χ0) is 12.6. The van der Waals surface area contributed by atoms with Gasteiger partial charge in [-0.1, -0.05) is 12.7 Å². The SMILES string of the molecule is C=C(CCO)C(=O)OCCC=C(C)C(=O)O. The Bertz CT molecular complexity index is 303. The largest absolute Gasteiger partial charge is 0.478 e. The number of carboxylic acid groups (broad SMARTS) is 1. The Morgan fingerprint density at radius 2 is 2.06 bits per heavy atom. The standard InChI is InChI=1S/C11H16O5/c1-8(10(13)14)4-3-7-16-11(15)9(2)5-6-12/h4,12H,2-3,5-7H2,1H3,(H,13,14). The molecule has 0 aromatic rings. The van der Waals surface area contributed by atoms with Gasteiger partial charge in [0.25, 0.3) is 0 Å². The molecule has 16 heavy (non-hydrogen) atoms. The van der Waals surface area contributed by atoms with E-state index in [0.29, 0.717) is 6.42 Å². The minimum absolute atomic E-state index is 0.105. The molecule has 2 N–H and O–H groups in total. The second-order valence-corrected chi connectivity index (χ2v) is 3.19. The molecule has 90 valence electrons. The molecule has 0 radical (unpaired) electrons. The summed E-state index contributed by atoms with van der Waals surface area (Å²) in [6.07, 6.45) is 2.00. The third-order valence-electron chi connectivity index (χ3n) is 1.84. The van der Waals surface area contributed by atoms with Gasteiger partial charge in [0.2, 0.25) is 0 Å². The normalized spacial score (nSPS) is 11.0. The van der Waals surface area contributed by atoms with E-state index in [2.05, 4.69) is 6.58 Å². The van der Waals surface area contributed by atoms with Crippen molar-refractivity contribution in [2.45, 2.75) is 19.8 Å². The van der Waals surface area contributed by atoms with Crippen molar-refractivity contribution in [1.29, 1.82) is 0 Å². The third-order valence-corrected chi connectivity index (χ3v) is 1.84. The first-order valence-electron chi connectivity index (χ1n) is 4.84. The Morgan fingerprint density at radius 1 is 1.44 bits per heavy atom. The summed E-state index contributed by atoms with van der Waals surface area (Å²) in [6.45, 7) is 4.87. The van der Waals surface area contributed by atoms with Crippen LogP contribution in [0.25, 0.3) is 0 Å². The highest BCUT2D eigenvalue weighted by Crippen LogP contribution is 2.01. The lowest BCUT2D eigenvalue weighted by Crippen LogP contribution is -2.09. The molecule has 0 saturated heterocycles. The smallest absolute Gasteiger partial charge is 0.333 e. The summed E-state index contributed by atoms with van der Waals surface area (Å²) >= 11 is 0. The van der Waals surface area contributed by atoms with Crippen LogP contribution in [-0.2, 0) is 14.3 Å². The van der Waals surface area contributed by atoms with E-state index in [1.165, 1.54) is 13.0 Å². The minimum atomic E-state index is -0.990. The molecule has 0 heterocycles. The summed E-state index contributed by atoms with van der Waals surface area (Å²) in [6, 6.07) is 0. The van der Waals surface area contributed by atoms with Gasteiger partial charge >= 0.3 is 11.9 Å². The Hall–Kier alpha value is -1.62. The summed E-state index contributed by atoms with van der Waals surface area (Å²) in [5.74, 6) is -1.55. The van der Waals surface area contributed by atoms with Crippen LogP contribution in [0, 0.1) is 0 Å². The average molecular weight is 228 g/mol. The van der Waals surface area contributed by atoms with E-state index < -0.39 is 11.9 Å². The topological polar surface area (TPSA) is 83.8 Å². The van der Waals surface area contributed by atoms with Crippen molar-refractivity contribution in [2.24, 2.45) is 0 Å². The Labute approximate surface area is 94.0 Å². The molecular weight excluding hydrogens is 212 g/mol. The lowest BCUT2D eigenvalue weighted by molar-refractivity contribution is -0.139. The summed E-state index contributed by atoms with van der Waals surface area (Å²) in [4.78, 5) is 21.5. The van der Waals surface area contributed by atoms with Crippen LogP contribution in [0.4, 0.5) is 0 Å². The zero-order valence-corrected chi connectivity index (χ0v) is 9.23. The number of esters is 1. The predicted molar refractivity (Wildman–Crippen MR) is 57.8 cm³/mol. The van der Waals surface area contributed by atoms with Crippen molar-refractivity contribution in [3.05, 3.63) is 23.8 Å². The maximum Gasteiger partial charge on any atom is 0.333 e. The van der Waals surface area contributed by atoms with Crippen molar-refractivity contribution < 1.29 is 24.5 Å². The first-order chi connectivity index (χ1) is 7.49. The molecule has 0 aliphatic carbocycles. The van der Waals surface area contributed by atoms with Crippen molar-refractivity contribution in [3.63, 3.8) is 0 Å². The number of aliphatic hydroxyl groups excluding tert-OH is 1. The molecule has 0 bridgehead atoms. The number of carbonyl (C=O) groups is 2. The van der Waals surface area contributed by atoms with Gasteiger partial charge in [-0.2, -0.15) is 0 Å². The van der Waals surface area contributed by atoms with E-state index in [-0.39, 0.29) is 30.8 Å². The Kier molecular flexibility index (Phi) is 6.87. The summed E-state index contributed by atoms with van der Waals surface area (Å²) < 4.78 is 4.80. The number of aliphatic carboxylic acids is 1. The molecule has 0 aromatic carbocycles. The van der Waals surface area contributed by atoms with Crippen LogP contribution in [-0.4, -0.2) is 35.4 Å². The van der Waals surface area contributed by atoms with Gasteiger partial charge in [-0.15, -0.1) is 0 Å². The predicted octanol–water partition coefficient (Wildman–Crippen LogP) is 0.889. The lowest BCUT2D eigenvalue weighted by Gasteiger charge is -2.04. The molecular formula is C11H16O5. The second-order valence-electron chi connectivity index (χ2n) is 3.19. The highest BCUT2D eigenvalue weighted by atomic mass is 16.5. The fourth-order valence-corrected chi connectivity index (χ4v) is 0.853. The van der Waals surface area contributed by atoms with Crippen molar-refractivity contribution in [2.75, 3.05) is 13.2 Å². The van der Waals surface area contributed by atoms with Crippen LogP contribution in [0.3, 0.4) is 0 Å². The van der Waals surface area contributed by atoms with Crippen LogP contribution < -0.4 is 0 Å². The average Bonchev–Trinajstić information content (AvgIpc) is 2.23. The monoisotopic (exact) mass is 228 g/mol. The number of rotatable bonds is 7. The van der Waals surface area contributed by atoms with Gasteiger partial charge in [0.15, 0.2) is 0 Å². The van der Waals surface area contributed by atoms with Gasteiger partial charge in [-0.05, 0) is 6.92 Å². The summed E-state index contributed by atoms with van der Waals surface area (Å²) in [5.41, 5.74) is 0.423. The fraction of sp³-hybridized carbons (Fsp3) is 0.455. The van der Waals surface area contributed by atoms with Crippen molar-refractivity contribution >= 4 is 11.9 Å². The van der Waals surface area contributed by atoms with Gasteiger partial charge in [0.05, 0.1) is 6.61 Å². The number of carboxylic acids is 1. The molecule has 0 atom stereocenters. The number of hydrogen-bond acceptors (Lipinski definition) is 4. The number of aliphatic hydroxyl groups is 1. The maximum absolute atomic E-state index is 11.1. The van der Waals surface area contributed by atoms with Crippen LogP contribution in [0.5, 0.6) is 0 Å². The van der Waals surface area contributed by atoms with E-state index in [1.807, 2.05) is 0 Å². The molecule has 0 aromatic heterocycles. The molecule has 5 heteroatoms. The summed E-state index contributed by atoms with van der Waals surface area (Å²) in [7, 11) is 0. The highest BCUT2D eigenvalue weighted by molar-refractivity contribution is 5.87. The molecule has 0 amide bonds. The van der Waals surface area contributed by atoms with Crippen LogP contribution in [0.2, 0.25) is 0 Å². The van der Waals surface area contributed by atoms with Gasteiger partial charge in [0.1, 0.15) is 0 Å². The van der Waals surface area contributed by atoms with Crippen LogP contribution >= 0.6 is 0 Å². The van der Waals surface area contributed by atoms with E-state index in [0.717, 1.165) is 0 Å². The molecule has 0 rings (SSSR count). The lowest BCUT2D eigenvalue weighted by atomic mass is 10.2. The van der Waals surface area contributed by atoms with E-state index >= 15 is 0 Å². The maximum atomic E-state index is 11.1. The highest BCUT2D eigenvalue weighted by Gasteiger charge is 2.07. The molecule has 0 aliphatic heterocycles. The fourth-order valence-electron chi connectivity index (χ4n) is 0.853. The van der Waals surface area contributed by atoms with Gasteiger partial charge in [-0.25, -0.2) is 9.59 Å².